The summed E-state index contributed by atoms with van der Waals surface area (Å²) in [5.74, 6) is -0.325. The van der Waals surface area contributed by atoms with E-state index in [1.54, 1.807) is 44.7 Å². The zero-order valence-electron chi connectivity index (χ0n) is 20.4. The van der Waals surface area contributed by atoms with Gasteiger partial charge >= 0.3 is 6.09 Å². The Balaban J connectivity index is 2.36. The van der Waals surface area contributed by atoms with Gasteiger partial charge in [-0.2, -0.15) is 0 Å². The first-order valence-electron chi connectivity index (χ1n) is 11.0. The van der Waals surface area contributed by atoms with Gasteiger partial charge in [0.05, 0.1) is 0 Å². The lowest BCUT2D eigenvalue weighted by Crippen LogP contribution is -2.52. The summed E-state index contributed by atoms with van der Waals surface area (Å²) in [7, 11) is 0. The van der Waals surface area contributed by atoms with E-state index in [0.717, 1.165) is 6.42 Å². The van der Waals surface area contributed by atoms with Crippen LogP contribution in [0.15, 0.2) is 18.2 Å². The average Bonchev–Trinajstić information content (AvgIpc) is 3.33. The third kappa shape index (κ3) is 7.14. The van der Waals surface area contributed by atoms with E-state index in [-0.39, 0.29) is 36.1 Å². The quantitative estimate of drug-likeness (QED) is 0.619. The number of ether oxygens (including phenoxy) is 1. The minimum Gasteiger partial charge on any atom is -0.508 e. The van der Waals surface area contributed by atoms with Crippen LogP contribution >= 0.6 is 0 Å². The highest BCUT2D eigenvalue weighted by Gasteiger charge is 2.46. The number of hydrogen-bond acceptors (Lipinski definition) is 5. The van der Waals surface area contributed by atoms with Gasteiger partial charge in [-0.05, 0) is 84.1 Å². The Morgan fingerprint density at radius 2 is 1.78 bits per heavy atom. The molecule has 1 aromatic carbocycles. The molecule has 1 saturated carbocycles. The van der Waals surface area contributed by atoms with Gasteiger partial charge < -0.3 is 25.4 Å². The standard InChI is InChI=1S/C24H37N3O5/c1-14-12-17(14)27(19(29)13-25-22(31)32-24(6,7)8)20(21(30)26-23(3,4)5)16-9-10-18(28)15(2)11-16/h9-11,14,17,20,28H,12-13H2,1-8H3,(H,25,31)(H,26,30). The van der Waals surface area contributed by atoms with Crippen LogP contribution in [0.4, 0.5) is 4.79 Å². The number of carbonyl (C=O) groups is 3. The van der Waals surface area contributed by atoms with E-state index in [9.17, 15) is 19.5 Å². The van der Waals surface area contributed by atoms with Crippen LogP contribution < -0.4 is 10.6 Å². The fourth-order valence-electron chi connectivity index (χ4n) is 3.49. The number of amides is 3. The van der Waals surface area contributed by atoms with Gasteiger partial charge in [0.15, 0.2) is 0 Å². The summed E-state index contributed by atoms with van der Waals surface area (Å²) in [5.41, 5.74) is 0.0298. The lowest BCUT2D eigenvalue weighted by atomic mass is 9.99. The average molecular weight is 448 g/mol. The fraction of sp³-hybridized carbons (Fsp3) is 0.625. The van der Waals surface area contributed by atoms with Crippen molar-refractivity contribution in [3.63, 3.8) is 0 Å². The lowest BCUT2D eigenvalue weighted by Gasteiger charge is -2.34. The fourth-order valence-corrected chi connectivity index (χ4v) is 3.49. The molecule has 0 radical (unpaired) electrons. The van der Waals surface area contributed by atoms with Crippen molar-refractivity contribution in [1.29, 1.82) is 0 Å². The molecule has 0 bridgehead atoms. The molecule has 2 rings (SSSR count). The van der Waals surface area contributed by atoms with Crippen molar-refractivity contribution in [2.24, 2.45) is 5.92 Å². The third-order valence-corrected chi connectivity index (χ3v) is 5.06. The van der Waals surface area contributed by atoms with Gasteiger partial charge in [-0.25, -0.2) is 4.79 Å². The Labute approximate surface area is 190 Å². The number of rotatable bonds is 6. The van der Waals surface area contributed by atoms with Gasteiger partial charge in [0, 0.05) is 11.6 Å². The van der Waals surface area contributed by atoms with Gasteiger partial charge in [-0.3, -0.25) is 9.59 Å². The second-order valence-electron chi connectivity index (χ2n) is 10.6. The predicted octanol–water partition coefficient (Wildman–Crippen LogP) is 3.42. The number of nitrogens with zero attached hydrogens (tertiary/aromatic N) is 1. The number of phenolic OH excluding ortho intramolecular Hbond substituents is 1. The van der Waals surface area contributed by atoms with Gasteiger partial charge in [0.1, 0.15) is 23.9 Å². The third-order valence-electron chi connectivity index (χ3n) is 5.06. The summed E-state index contributed by atoms with van der Waals surface area (Å²) in [4.78, 5) is 40.3. The monoisotopic (exact) mass is 447 g/mol. The molecule has 3 atom stereocenters. The first-order valence-corrected chi connectivity index (χ1v) is 11.0. The number of nitrogens with one attached hydrogen (secondary N) is 2. The molecule has 32 heavy (non-hydrogen) atoms. The number of aryl methyl sites for hydroxylation is 1. The highest BCUT2D eigenvalue weighted by atomic mass is 16.6. The Morgan fingerprint density at radius 1 is 1.19 bits per heavy atom. The molecule has 3 unspecified atom stereocenters. The number of phenols is 1. The van der Waals surface area contributed by atoms with Gasteiger partial charge in [0.25, 0.3) is 0 Å². The van der Waals surface area contributed by atoms with Crippen LogP contribution in [0, 0.1) is 12.8 Å². The zero-order chi connectivity index (χ0) is 24.4. The molecule has 8 nitrogen and oxygen atoms in total. The first-order chi connectivity index (χ1) is 14.6. The van der Waals surface area contributed by atoms with E-state index in [2.05, 4.69) is 10.6 Å². The van der Waals surface area contributed by atoms with E-state index in [1.807, 2.05) is 27.7 Å². The number of aromatic hydroxyl groups is 1. The van der Waals surface area contributed by atoms with E-state index >= 15 is 0 Å². The summed E-state index contributed by atoms with van der Waals surface area (Å²) in [6.07, 6.45) is 0.0833. The molecular formula is C24H37N3O5. The molecule has 1 aliphatic rings. The first kappa shape index (κ1) is 25.5. The predicted molar refractivity (Wildman–Crippen MR) is 122 cm³/mol. The second kappa shape index (κ2) is 9.38. The maximum Gasteiger partial charge on any atom is 0.408 e. The molecule has 0 spiro atoms. The summed E-state index contributed by atoms with van der Waals surface area (Å²) >= 11 is 0. The van der Waals surface area contributed by atoms with Crippen molar-refractivity contribution in [1.82, 2.24) is 15.5 Å². The summed E-state index contributed by atoms with van der Waals surface area (Å²) in [6, 6.07) is 3.89. The van der Waals surface area contributed by atoms with Crippen molar-refractivity contribution in [2.45, 2.75) is 85.0 Å². The Kier molecular flexibility index (Phi) is 7.47. The molecule has 3 N–H and O–H groups in total. The van der Waals surface area contributed by atoms with Gasteiger partial charge in [-0.15, -0.1) is 0 Å². The number of benzene rings is 1. The molecule has 8 heteroatoms. The topological polar surface area (TPSA) is 108 Å². The highest BCUT2D eigenvalue weighted by molar-refractivity contribution is 5.91. The summed E-state index contributed by atoms with van der Waals surface area (Å²) in [6.45, 7) is 14.3. The van der Waals surface area contributed by atoms with Crippen LogP contribution in [0.2, 0.25) is 0 Å². The second-order valence-corrected chi connectivity index (χ2v) is 10.6. The van der Waals surface area contributed by atoms with Crippen LogP contribution in [-0.4, -0.2) is 51.6 Å². The number of hydrogen-bond donors (Lipinski definition) is 3. The SMILES string of the molecule is Cc1cc(C(C(=O)NC(C)(C)C)N(C(=O)CNC(=O)OC(C)(C)C)C2CC2C)ccc1O. The molecule has 0 heterocycles. The van der Waals surface area contributed by atoms with E-state index < -0.39 is 23.3 Å². The number of carbonyl (C=O) groups excluding carboxylic acids is 3. The summed E-state index contributed by atoms with van der Waals surface area (Å²) < 4.78 is 5.22. The Bertz CT molecular complexity index is 869. The maximum atomic E-state index is 13.4. The molecule has 1 aromatic rings. The molecule has 0 saturated heterocycles. The van der Waals surface area contributed by atoms with Crippen LogP contribution in [0.3, 0.4) is 0 Å². The van der Waals surface area contributed by atoms with Crippen molar-refractivity contribution < 1.29 is 24.2 Å². The highest BCUT2D eigenvalue weighted by Crippen LogP contribution is 2.40. The smallest absolute Gasteiger partial charge is 0.408 e. The van der Waals surface area contributed by atoms with Crippen LogP contribution in [-0.2, 0) is 14.3 Å². The minimum atomic E-state index is -0.892. The lowest BCUT2D eigenvalue weighted by molar-refractivity contribution is -0.141. The largest absolute Gasteiger partial charge is 0.508 e. The van der Waals surface area contributed by atoms with Crippen molar-refractivity contribution in [3.8, 4) is 5.75 Å². The van der Waals surface area contributed by atoms with Gasteiger partial charge in [-0.1, -0.05) is 13.0 Å². The normalized spacial score (nSPS) is 19.0. The Hall–Kier alpha value is -2.77. The van der Waals surface area contributed by atoms with E-state index in [1.165, 1.54) is 6.07 Å². The van der Waals surface area contributed by atoms with Crippen LogP contribution in [0.5, 0.6) is 5.75 Å². The molecule has 0 aliphatic heterocycles. The van der Waals surface area contributed by atoms with Crippen LogP contribution in [0.25, 0.3) is 0 Å². The molecular weight excluding hydrogens is 410 g/mol. The molecule has 0 aromatic heterocycles. The van der Waals surface area contributed by atoms with E-state index in [0.29, 0.717) is 11.1 Å². The minimum absolute atomic E-state index is 0.118. The van der Waals surface area contributed by atoms with Crippen molar-refractivity contribution >= 4 is 17.9 Å². The molecule has 178 valence electrons. The number of alkyl carbamates (subject to hydrolysis) is 1. The van der Waals surface area contributed by atoms with E-state index in [4.69, 9.17) is 4.74 Å². The van der Waals surface area contributed by atoms with Crippen molar-refractivity contribution in [3.05, 3.63) is 29.3 Å². The Morgan fingerprint density at radius 3 is 2.25 bits per heavy atom. The molecule has 1 aliphatic carbocycles. The summed E-state index contributed by atoms with van der Waals surface area (Å²) in [5, 5.41) is 15.4. The molecule has 1 fully saturated rings. The zero-order valence-corrected chi connectivity index (χ0v) is 20.4. The van der Waals surface area contributed by atoms with Crippen LogP contribution in [0.1, 0.15) is 72.1 Å². The molecule has 3 amide bonds. The van der Waals surface area contributed by atoms with Crippen molar-refractivity contribution in [2.75, 3.05) is 6.54 Å². The maximum absolute atomic E-state index is 13.4. The van der Waals surface area contributed by atoms with Gasteiger partial charge in [0.2, 0.25) is 11.8 Å².